The molecule has 0 radical (unpaired) electrons. The Labute approximate surface area is 121 Å². The van der Waals surface area contributed by atoms with Crippen LogP contribution in [0, 0.1) is 12.8 Å². The molecule has 2 N–H and O–H groups in total. The van der Waals surface area contributed by atoms with E-state index in [9.17, 15) is 4.79 Å². The van der Waals surface area contributed by atoms with E-state index in [0.29, 0.717) is 17.6 Å². The molecule has 1 aliphatic carbocycles. The number of nitrogens with one attached hydrogen (secondary N) is 1. The highest BCUT2D eigenvalue weighted by Gasteiger charge is 2.23. The lowest BCUT2D eigenvalue weighted by atomic mass is 9.89. The summed E-state index contributed by atoms with van der Waals surface area (Å²) in [5.74, 6) is 1.17. The molecule has 2 heterocycles. The van der Waals surface area contributed by atoms with Gasteiger partial charge in [-0.3, -0.25) is 4.79 Å². The lowest BCUT2D eigenvalue weighted by molar-refractivity contribution is -0.134. The van der Waals surface area contributed by atoms with Gasteiger partial charge < -0.3 is 10.4 Å². The Kier molecular flexibility index (Phi) is 3.33. The first-order valence-electron chi connectivity index (χ1n) is 6.79. The van der Waals surface area contributed by atoms with Crippen molar-refractivity contribution in [1.29, 1.82) is 0 Å². The maximum atomic E-state index is 10.8. The van der Waals surface area contributed by atoms with Crippen molar-refractivity contribution < 1.29 is 9.90 Å². The number of hydrogen-bond acceptors (Lipinski definition) is 5. The summed E-state index contributed by atoms with van der Waals surface area (Å²) >= 11 is 1.73. The highest BCUT2D eigenvalue weighted by molar-refractivity contribution is 7.19. The summed E-state index contributed by atoms with van der Waals surface area (Å²) in [6.45, 7) is 3.99. The van der Waals surface area contributed by atoms with Crippen LogP contribution in [-0.2, 0) is 17.6 Å². The molecule has 106 valence electrons. The van der Waals surface area contributed by atoms with Crippen LogP contribution in [0.3, 0.4) is 0 Å². The molecule has 2 aromatic heterocycles. The fourth-order valence-corrected chi connectivity index (χ4v) is 4.16. The molecule has 2 aromatic rings. The summed E-state index contributed by atoms with van der Waals surface area (Å²) in [7, 11) is 0. The third-order valence-corrected chi connectivity index (χ3v) is 4.82. The quantitative estimate of drug-likeness (QED) is 0.909. The fourth-order valence-electron chi connectivity index (χ4n) is 2.74. The van der Waals surface area contributed by atoms with Crippen LogP contribution in [0.1, 0.15) is 29.6 Å². The van der Waals surface area contributed by atoms with Crippen molar-refractivity contribution in [2.75, 3.05) is 11.9 Å². The van der Waals surface area contributed by atoms with Gasteiger partial charge in [-0.1, -0.05) is 6.92 Å². The van der Waals surface area contributed by atoms with Crippen LogP contribution in [0.2, 0.25) is 0 Å². The number of carboxylic acids is 1. The monoisotopic (exact) mass is 291 g/mol. The molecule has 0 aromatic carbocycles. The van der Waals surface area contributed by atoms with Gasteiger partial charge >= 0.3 is 5.97 Å². The molecular weight excluding hydrogens is 274 g/mol. The van der Waals surface area contributed by atoms with Crippen LogP contribution in [0.5, 0.6) is 0 Å². The molecule has 20 heavy (non-hydrogen) atoms. The minimum absolute atomic E-state index is 0.118. The Bertz CT molecular complexity index is 681. The topological polar surface area (TPSA) is 75.1 Å². The van der Waals surface area contributed by atoms with E-state index in [1.54, 1.807) is 11.3 Å². The van der Waals surface area contributed by atoms with Gasteiger partial charge in [-0.2, -0.15) is 0 Å². The lowest BCUT2D eigenvalue weighted by Gasteiger charge is -2.18. The van der Waals surface area contributed by atoms with Gasteiger partial charge in [0.2, 0.25) is 0 Å². The summed E-state index contributed by atoms with van der Waals surface area (Å²) in [6, 6.07) is 0. The maximum absolute atomic E-state index is 10.8. The Balaban J connectivity index is 2.11. The predicted molar refractivity (Wildman–Crippen MR) is 79.5 cm³/mol. The number of carboxylic acid groups (broad SMARTS) is 1. The number of aromatic nitrogens is 2. The molecule has 0 fully saturated rings. The smallest absolute Gasteiger partial charge is 0.322 e. The highest BCUT2D eigenvalue weighted by atomic mass is 32.1. The van der Waals surface area contributed by atoms with Crippen LogP contribution in [0.15, 0.2) is 0 Å². The Hall–Kier alpha value is -1.69. The van der Waals surface area contributed by atoms with Gasteiger partial charge in [0.1, 0.15) is 23.0 Å². The van der Waals surface area contributed by atoms with Crippen molar-refractivity contribution in [3.63, 3.8) is 0 Å². The van der Waals surface area contributed by atoms with E-state index in [1.165, 1.54) is 16.9 Å². The van der Waals surface area contributed by atoms with Crippen LogP contribution >= 0.6 is 11.3 Å². The van der Waals surface area contributed by atoms with Gasteiger partial charge in [0.05, 0.1) is 5.39 Å². The Morgan fingerprint density at radius 1 is 1.50 bits per heavy atom. The Morgan fingerprint density at radius 2 is 2.30 bits per heavy atom. The van der Waals surface area contributed by atoms with Crippen LogP contribution in [-0.4, -0.2) is 27.6 Å². The second-order valence-electron chi connectivity index (χ2n) is 5.40. The largest absolute Gasteiger partial charge is 0.480 e. The number of rotatable bonds is 3. The lowest BCUT2D eigenvalue weighted by Crippen LogP contribution is -2.15. The van der Waals surface area contributed by atoms with Crippen molar-refractivity contribution >= 4 is 33.3 Å². The number of nitrogens with zero attached hydrogens (tertiary/aromatic N) is 2. The zero-order valence-electron chi connectivity index (χ0n) is 11.6. The molecule has 0 spiro atoms. The molecule has 0 bridgehead atoms. The van der Waals surface area contributed by atoms with E-state index < -0.39 is 5.97 Å². The van der Waals surface area contributed by atoms with Gasteiger partial charge in [-0.25, -0.2) is 9.97 Å². The van der Waals surface area contributed by atoms with Gasteiger partial charge in [0, 0.05) is 4.88 Å². The standard InChI is InChI=1S/C14H17N3O2S/c1-7-3-4-9-10(5-7)20-14-12(9)13(15-6-11(18)19)16-8(2)17-14/h7H,3-6H2,1-2H3,(H,18,19)(H,15,16,17). The Morgan fingerprint density at radius 3 is 3.05 bits per heavy atom. The van der Waals surface area contributed by atoms with Crippen LogP contribution in [0.4, 0.5) is 5.82 Å². The van der Waals surface area contributed by atoms with Gasteiger partial charge in [-0.05, 0) is 37.7 Å². The van der Waals surface area contributed by atoms with Gasteiger partial charge in [0.15, 0.2) is 0 Å². The molecule has 6 heteroatoms. The van der Waals surface area contributed by atoms with Gasteiger partial charge in [0.25, 0.3) is 0 Å². The summed E-state index contributed by atoms with van der Waals surface area (Å²) in [4.78, 5) is 22.0. The molecule has 3 rings (SSSR count). The number of fused-ring (bicyclic) bond motifs is 3. The summed E-state index contributed by atoms with van der Waals surface area (Å²) in [5.41, 5.74) is 1.32. The molecule has 1 unspecified atom stereocenters. The third-order valence-electron chi connectivity index (χ3n) is 3.67. The van der Waals surface area contributed by atoms with Gasteiger partial charge in [-0.15, -0.1) is 11.3 Å². The molecule has 0 aliphatic heterocycles. The number of thiophene rings is 1. The van der Waals surface area contributed by atoms with E-state index in [4.69, 9.17) is 5.11 Å². The normalized spacial score (nSPS) is 18.0. The molecule has 1 aliphatic rings. The first-order chi connectivity index (χ1) is 9.54. The predicted octanol–water partition coefficient (Wildman–Crippen LogP) is 2.62. The molecule has 0 saturated carbocycles. The SMILES string of the molecule is Cc1nc(NCC(=O)O)c2c3c(sc2n1)CC(C)CC3. The van der Waals surface area contributed by atoms with Crippen molar-refractivity contribution in [1.82, 2.24) is 9.97 Å². The van der Waals surface area contributed by atoms with E-state index in [1.807, 2.05) is 6.92 Å². The molecule has 0 amide bonds. The summed E-state index contributed by atoms with van der Waals surface area (Å²) in [6.07, 6.45) is 3.30. The number of aryl methyl sites for hydroxylation is 2. The number of anilines is 1. The maximum Gasteiger partial charge on any atom is 0.322 e. The average molecular weight is 291 g/mol. The van der Waals surface area contributed by atoms with Crippen molar-refractivity contribution in [3.8, 4) is 0 Å². The summed E-state index contributed by atoms with van der Waals surface area (Å²) in [5, 5.41) is 12.8. The van der Waals surface area contributed by atoms with E-state index >= 15 is 0 Å². The van der Waals surface area contributed by atoms with Crippen LogP contribution in [0.25, 0.3) is 10.2 Å². The molecular formula is C14H17N3O2S. The van der Waals surface area contributed by atoms with Crippen LogP contribution < -0.4 is 5.32 Å². The number of hydrogen-bond donors (Lipinski definition) is 2. The third kappa shape index (κ3) is 2.35. The van der Waals surface area contributed by atoms with E-state index in [2.05, 4.69) is 22.2 Å². The second-order valence-corrected chi connectivity index (χ2v) is 6.48. The number of aliphatic carboxylic acids is 1. The highest BCUT2D eigenvalue weighted by Crippen LogP contribution is 2.39. The minimum atomic E-state index is -0.882. The molecule has 5 nitrogen and oxygen atoms in total. The van der Waals surface area contributed by atoms with Crippen molar-refractivity contribution in [3.05, 3.63) is 16.3 Å². The average Bonchev–Trinajstić information content (AvgIpc) is 2.72. The van der Waals surface area contributed by atoms with Crippen molar-refractivity contribution in [2.24, 2.45) is 5.92 Å². The zero-order valence-corrected chi connectivity index (χ0v) is 12.4. The molecule has 1 atom stereocenters. The fraction of sp³-hybridized carbons (Fsp3) is 0.500. The second kappa shape index (κ2) is 5.01. The van der Waals surface area contributed by atoms with Crippen molar-refractivity contribution in [2.45, 2.75) is 33.1 Å². The first kappa shape index (κ1) is 13.3. The minimum Gasteiger partial charge on any atom is -0.480 e. The first-order valence-corrected chi connectivity index (χ1v) is 7.60. The van der Waals surface area contributed by atoms with E-state index in [-0.39, 0.29) is 6.54 Å². The number of carbonyl (C=O) groups is 1. The zero-order chi connectivity index (χ0) is 14.3. The molecule has 0 saturated heterocycles. The summed E-state index contributed by atoms with van der Waals surface area (Å²) < 4.78 is 0. The van der Waals surface area contributed by atoms with E-state index in [0.717, 1.165) is 23.1 Å².